The maximum atomic E-state index is 12.1. The van der Waals surface area contributed by atoms with Gasteiger partial charge in [0.1, 0.15) is 10.5 Å². The Labute approximate surface area is 118 Å². The smallest absolute Gasteiger partial charge is 0.308 e. The van der Waals surface area contributed by atoms with E-state index < -0.39 is 0 Å². The van der Waals surface area contributed by atoms with E-state index in [2.05, 4.69) is 9.97 Å². The molecule has 0 aliphatic heterocycles. The van der Waals surface area contributed by atoms with Crippen LogP contribution < -0.4 is 11.2 Å². The van der Waals surface area contributed by atoms with Gasteiger partial charge in [0.05, 0.1) is 12.1 Å². The molecule has 0 aromatic carbocycles. The lowest BCUT2D eigenvalue weighted by Crippen LogP contribution is -2.26. The number of rotatable bonds is 3. The summed E-state index contributed by atoms with van der Waals surface area (Å²) >= 11 is 1.36. The van der Waals surface area contributed by atoms with Crippen LogP contribution in [0.3, 0.4) is 0 Å². The van der Waals surface area contributed by atoms with Crippen molar-refractivity contribution in [3.05, 3.63) is 50.5 Å². The Balaban J connectivity index is 2.01. The molecule has 0 atom stereocenters. The van der Waals surface area contributed by atoms with Crippen LogP contribution in [0.15, 0.2) is 33.4 Å². The second-order valence-corrected chi connectivity index (χ2v) is 5.77. The van der Waals surface area contributed by atoms with Crippen LogP contribution in [-0.2, 0) is 6.54 Å². The zero-order valence-corrected chi connectivity index (χ0v) is 12.0. The van der Waals surface area contributed by atoms with Crippen molar-refractivity contribution in [2.75, 3.05) is 0 Å². The van der Waals surface area contributed by atoms with Crippen LogP contribution in [0.4, 0.5) is 0 Å². The molecule has 3 rings (SSSR count). The first-order valence-electron chi connectivity index (χ1n) is 6.30. The lowest BCUT2D eigenvalue weighted by atomic mass is 10.4. The van der Waals surface area contributed by atoms with Crippen molar-refractivity contribution in [3.63, 3.8) is 0 Å². The highest BCUT2D eigenvalue weighted by Crippen LogP contribution is 2.13. The lowest BCUT2D eigenvalue weighted by Gasteiger charge is -2.05. The van der Waals surface area contributed by atoms with Gasteiger partial charge < -0.3 is 4.98 Å². The summed E-state index contributed by atoms with van der Waals surface area (Å²) in [5.41, 5.74) is 0.412. The second kappa shape index (κ2) is 4.75. The predicted molar refractivity (Wildman–Crippen MR) is 78.4 cm³/mol. The molecule has 0 spiro atoms. The molecule has 0 radical (unpaired) electrons. The van der Waals surface area contributed by atoms with Crippen LogP contribution in [-0.4, -0.2) is 19.1 Å². The number of H-pyrrole nitrogens is 1. The third-order valence-electron chi connectivity index (χ3n) is 3.11. The van der Waals surface area contributed by atoms with E-state index in [1.54, 1.807) is 23.0 Å². The van der Waals surface area contributed by atoms with E-state index in [4.69, 9.17) is 0 Å². The van der Waals surface area contributed by atoms with E-state index in [9.17, 15) is 9.59 Å². The minimum absolute atomic E-state index is 0.104. The Bertz CT molecular complexity index is 868. The molecule has 0 fully saturated rings. The molecule has 0 aliphatic rings. The number of nitrogens with one attached hydrogen (secondary N) is 1. The zero-order valence-electron chi connectivity index (χ0n) is 11.2. The maximum absolute atomic E-state index is 12.1. The van der Waals surface area contributed by atoms with Gasteiger partial charge in [-0.2, -0.15) is 0 Å². The summed E-state index contributed by atoms with van der Waals surface area (Å²) in [7, 11) is 0. The third-order valence-corrected chi connectivity index (χ3v) is 4.02. The molecule has 0 amide bonds. The fraction of sp³-hybridized carbons (Fsp3) is 0.308. The number of hydrogen-bond donors (Lipinski definition) is 1. The summed E-state index contributed by atoms with van der Waals surface area (Å²) in [4.78, 5) is 31.1. The van der Waals surface area contributed by atoms with Crippen LogP contribution in [0.5, 0.6) is 0 Å². The first-order chi connectivity index (χ1) is 9.56. The summed E-state index contributed by atoms with van der Waals surface area (Å²) in [6, 6.07) is 1.91. The lowest BCUT2D eigenvalue weighted by molar-refractivity contribution is 0.558. The number of nitrogens with zero attached hydrogens (tertiary/aromatic N) is 3. The molecule has 1 N–H and O–H groups in total. The van der Waals surface area contributed by atoms with E-state index in [1.165, 1.54) is 15.9 Å². The molecule has 6 nitrogen and oxygen atoms in total. The van der Waals surface area contributed by atoms with E-state index in [0.717, 1.165) is 0 Å². The molecule has 7 heteroatoms. The fourth-order valence-electron chi connectivity index (χ4n) is 2.10. The van der Waals surface area contributed by atoms with Crippen LogP contribution >= 0.6 is 11.3 Å². The molecule has 20 heavy (non-hydrogen) atoms. The molecular weight excluding hydrogens is 276 g/mol. The van der Waals surface area contributed by atoms with Crippen LogP contribution in [0.25, 0.3) is 10.2 Å². The van der Waals surface area contributed by atoms with Gasteiger partial charge in [-0.25, -0.2) is 9.78 Å². The highest BCUT2D eigenvalue weighted by molar-refractivity contribution is 7.17. The van der Waals surface area contributed by atoms with E-state index in [1.807, 2.05) is 19.2 Å². The summed E-state index contributed by atoms with van der Waals surface area (Å²) in [6.45, 7) is 4.16. The van der Waals surface area contributed by atoms with Crippen LogP contribution in [0.1, 0.15) is 25.7 Å². The number of hydrogen-bond acceptors (Lipinski definition) is 4. The summed E-state index contributed by atoms with van der Waals surface area (Å²) in [5, 5.41) is 1.83. The Kier molecular flexibility index (Phi) is 3.06. The molecule has 0 aliphatic carbocycles. The summed E-state index contributed by atoms with van der Waals surface area (Å²) in [6.07, 6.45) is 3.45. The Morgan fingerprint density at radius 1 is 1.35 bits per heavy atom. The Hall–Kier alpha value is -2.15. The standard InChI is InChI=1S/C13H14N4O2S/c1-8(2)17-5-4-16(13(17)19)7-10-14-9-3-6-20-11(9)12(18)15-10/h3-6,8H,7H2,1-2H3,(H,14,15,18). The molecule has 3 heterocycles. The monoisotopic (exact) mass is 290 g/mol. The average Bonchev–Trinajstić information content (AvgIpc) is 2.97. The van der Waals surface area contributed by atoms with E-state index in [-0.39, 0.29) is 23.8 Å². The topological polar surface area (TPSA) is 72.7 Å². The normalized spacial score (nSPS) is 11.6. The summed E-state index contributed by atoms with van der Waals surface area (Å²) in [5.74, 6) is 0.490. The molecular formula is C13H14N4O2S. The summed E-state index contributed by atoms with van der Waals surface area (Å²) < 4.78 is 3.79. The van der Waals surface area contributed by atoms with Gasteiger partial charge in [-0.1, -0.05) is 0 Å². The van der Waals surface area contributed by atoms with Gasteiger partial charge in [-0.05, 0) is 25.3 Å². The SMILES string of the molecule is CC(C)n1ccn(Cc2nc3ccsc3c(=O)[nH]2)c1=O. The molecule has 0 saturated carbocycles. The maximum Gasteiger partial charge on any atom is 0.328 e. The fourth-order valence-corrected chi connectivity index (χ4v) is 2.82. The molecule has 3 aromatic heterocycles. The minimum Gasteiger partial charge on any atom is -0.308 e. The quantitative estimate of drug-likeness (QED) is 0.796. The molecule has 0 bridgehead atoms. The van der Waals surface area contributed by atoms with Gasteiger partial charge in [0.2, 0.25) is 0 Å². The highest BCUT2D eigenvalue weighted by atomic mass is 32.1. The molecule has 0 saturated heterocycles. The van der Waals surface area contributed by atoms with Crippen LogP contribution in [0, 0.1) is 0 Å². The number of thiophene rings is 1. The van der Waals surface area contributed by atoms with Gasteiger partial charge in [0.25, 0.3) is 5.56 Å². The molecule has 104 valence electrons. The van der Waals surface area contributed by atoms with Crippen molar-refractivity contribution in [1.82, 2.24) is 19.1 Å². The van der Waals surface area contributed by atoms with Gasteiger partial charge in [0.15, 0.2) is 0 Å². The van der Waals surface area contributed by atoms with Crippen molar-refractivity contribution >= 4 is 21.6 Å². The van der Waals surface area contributed by atoms with Gasteiger partial charge in [-0.3, -0.25) is 13.9 Å². The van der Waals surface area contributed by atoms with Crippen molar-refractivity contribution in [3.8, 4) is 0 Å². The Morgan fingerprint density at radius 3 is 2.85 bits per heavy atom. The van der Waals surface area contributed by atoms with Gasteiger partial charge in [-0.15, -0.1) is 11.3 Å². The average molecular weight is 290 g/mol. The van der Waals surface area contributed by atoms with Gasteiger partial charge in [0, 0.05) is 18.4 Å². The Morgan fingerprint density at radius 2 is 2.15 bits per heavy atom. The second-order valence-electron chi connectivity index (χ2n) is 4.86. The minimum atomic E-state index is -0.156. The van der Waals surface area contributed by atoms with Crippen molar-refractivity contribution in [2.45, 2.75) is 26.4 Å². The first-order valence-corrected chi connectivity index (χ1v) is 7.18. The predicted octanol–water partition coefficient (Wildman–Crippen LogP) is 1.58. The number of fused-ring (bicyclic) bond motifs is 1. The van der Waals surface area contributed by atoms with E-state index >= 15 is 0 Å². The van der Waals surface area contributed by atoms with Crippen molar-refractivity contribution in [2.24, 2.45) is 0 Å². The van der Waals surface area contributed by atoms with Crippen molar-refractivity contribution in [1.29, 1.82) is 0 Å². The number of imidazole rings is 1. The zero-order chi connectivity index (χ0) is 14.3. The van der Waals surface area contributed by atoms with Crippen molar-refractivity contribution < 1.29 is 0 Å². The highest BCUT2D eigenvalue weighted by Gasteiger charge is 2.09. The molecule has 0 unspecified atom stereocenters. The largest absolute Gasteiger partial charge is 0.328 e. The van der Waals surface area contributed by atoms with E-state index in [0.29, 0.717) is 16.0 Å². The van der Waals surface area contributed by atoms with Gasteiger partial charge >= 0.3 is 5.69 Å². The number of aromatic amines is 1. The molecule has 3 aromatic rings. The first kappa shape index (κ1) is 12.9. The van der Waals surface area contributed by atoms with Crippen LogP contribution in [0.2, 0.25) is 0 Å². The number of aromatic nitrogens is 4. The third kappa shape index (κ3) is 2.09.